The average molecular weight is 765 g/mol. The summed E-state index contributed by atoms with van der Waals surface area (Å²) in [6.07, 6.45) is 7.01. The second-order valence-corrected chi connectivity index (χ2v) is 15.7. The van der Waals surface area contributed by atoms with Gasteiger partial charge in [0.2, 0.25) is 5.69 Å². The van der Waals surface area contributed by atoms with E-state index in [0.717, 1.165) is 18.7 Å². The zero-order valence-electron chi connectivity index (χ0n) is 33.5. The highest BCUT2D eigenvalue weighted by Crippen LogP contribution is 2.51. The molecule has 0 unspecified atom stereocenters. The summed E-state index contributed by atoms with van der Waals surface area (Å²) in [4.78, 5) is 2.62. The van der Waals surface area contributed by atoms with Gasteiger partial charge in [-0.1, -0.05) is 80.6 Å². The van der Waals surface area contributed by atoms with Crippen molar-refractivity contribution in [1.82, 2.24) is 4.57 Å². The van der Waals surface area contributed by atoms with Crippen LogP contribution in [0.4, 0.5) is 22.9 Å². The van der Waals surface area contributed by atoms with Gasteiger partial charge in [-0.2, -0.15) is 4.58 Å². The van der Waals surface area contributed by atoms with Crippen LogP contribution in [0.2, 0.25) is 0 Å². The topological polar surface area (TPSA) is 89.5 Å². The van der Waals surface area contributed by atoms with Crippen LogP contribution in [-0.4, -0.2) is 38.2 Å². The van der Waals surface area contributed by atoms with Gasteiger partial charge in [-0.3, -0.25) is 4.57 Å². The lowest BCUT2D eigenvalue weighted by molar-refractivity contribution is -0.433. The molecular formula is C47H50N5O3S+. The molecule has 5 aromatic carbocycles. The van der Waals surface area contributed by atoms with Gasteiger partial charge in [-0.15, -0.1) is 10.2 Å². The van der Waals surface area contributed by atoms with Gasteiger partial charge in [-0.05, 0) is 117 Å². The highest BCUT2D eigenvalue weighted by molar-refractivity contribution is 7.71. The molecule has 2 aliphatic rings. The fourth-order valence-electron chi connectivity index (χ4n) is 8.52. The lowest BCUT2D eigenvalue weighted by atomic mass is 9.79. The molecule has 0 aliphatic carbocycles. The van der Waals surface area contributed by atoms with Crippen LogP contribution in [0, 0.1) is 11.8 Å². The van der Waals surface area contributed by atoms with Crippen LogP contribution in [0.15, 0.2) is 130 Å². The van der Waals surface area contributed by atoms with Gasteiger partial charge in [0.05, 0.1) is 5.41 Å². The van der Waals surface area contributed by atoms with Gasteiger partial charge in [0.1, 0.15) is 18.0 Å². The molecule has 0 saturated carbocycles. The van der Waals surface area contributed by atoms with Crippen LogP contribution in [0.5, 0.6) is 11.6 Å². The first kappa shape index (κ1) is 38.5. The van der Waals surface area contributed by atoms with E-state index in [2.05, 4.69) is 152 Å². The summed E-state index contributed by atoms with van der Waals surface area (Å²) >= 11 is 4.92. The van der Waals surface area contributed by atoms with E-state index in [1.807, 2.05) is 13.8 Å². The Hall–Kier alpha value is -5.80. The maximum atomic E-state index is 9.80. The number of oxazole rings is 1. The third kappa shape index (κ3) is 6.53. The van der Waals surface area contributed by atoms with Gasteiger partial charge in [0.15, 0.2) is 5.71 Å². The highest BCUT2D eigenvalue weighted by atomic mass is 32.1. The number of aryl methyl sites for hydroxylation is 1. The van der Waals surface area contributed by atoms with E-state index in [0.29, 0.717) is 12.2 Å². The highest BCUT2D eigenvalue weighted by Gasteiger charge is 2.45. The molecular weight excluding hydrogens is 715 g/mol. The summed E-state index contributed by atoms with van der Waals surface area (Å²) in [6, 6.07) is 31.7. The minimum absolute atomic E-state index is 0.00219. The minimum Gasteiger partial charge on any atom is -0.506 e. The van der Waals surface area contributed by atoms with Crippen molar-refractivity contribution in [2.45, 2.75) is 72.8 Å². The zero-order chi connectivity index (χ0) is 39.9. The predicted molar refractivity (Wildman–Crippen MR) is 232 cm³/mol. The Labute approximate surface area is 334 Å². The normalized spacial score (nSPS) is 16.4. The Morgan fingerprint density at radius 3 is 2.09 bits per heavy atom. The number of phenols is 1. The van der Waals surface area contributed by atoms with Crippen molar-refractivity contribution in [2.75, 3.05) is 18.0 Å². The Kier molecular flexibility index (Phi) is 10.3. The number of nitrogens with zero attached hydrogens (tertiary/aromatic N) is 5. The average Bonchev–Trinajstić information content (AvgIpc) is 3.69. The van der Waals surface area contributed by atoms with E-state index in [-0.39, 0.29) is 33.2 Å². The second kappa shape index (κ2) is 15.0. The SMILES string of the molecule is CCN1/C(=C\C=C\C2=[N+](CC)c3ccc4ccccc4c3C2(C)C)C(C)(C)c2c1ccc1ccccc21.CCn1c(O)c(N=Nc2cc(C)ccc2O)oc1=S. The van der Waals surface area contributed by atoms with Crippen molar-refractivity contribution in [3.8, 4) is 11.6 Å². The van der Waals surface area contributed by atoms with E-state index in [1.54, 1.807) is 12.1 Å². The third-order valence-corrected chi connectivity index (χ3v) is 11.5. The molecule has 2 N–H and O–H groups in total. The first-order chi connectivity index (χ1) is 26.8. The summed E-state index contributed by atoms with van der Waals surface area (Å²) in [5.74, 6) is -0.251. The molecule has 286 valence electrons. The quantitative estimate of drug-likeness (QED) is 0.0960. The van der Waals surface area contributed by atoms with E-state index >= 15 is 0 Å². The van der Waals surface area contributed by atoms with Gasteiger partial charge in [0, 0.05) is 47.6 Å². The molecule has 3 heterocycles. The molecule has 0 fully saturated rings. The number of rotatable bonds is 7. The van der Waals surface area contributed by atoms with E-state index in [4.69, 9.17) is 16.6 Å². The van der Waals surface area contributed by atoms with Crippen molar-refractivity contribution < 1.29 is 19.2 Å². The van der Waals surface area contributed by atoms with Gasteiger partial charge in [0.25, 0.3) is 10.7 Å². The molecule has 0 saturated heterocycles. The van der Waals surface area contributed by atoms with Crippen molar-refractivity contribution >= 4 is 62.4 Å². The number of azo groups is 1. The number of aromatic nitrogens is 1. The van der Waals surface area contributed by atoms with Crippen LogP contribution in [0.25, 0.3) is 21.5 Å². The molecule has 8 rings (SSSR count). The van der Waals surface area contributed by atoms with E-state index in [9.17, 15) is 10.2 Å². The van der Waals surface area contributed by atoms with Crippen LogP contribution in [0.1, 0.15) is 65.2 Å². The maximum absolute atomic E-state index is 9.80. The minimum atomic E-state index is -0.177. The molecule has 0 atom stereocenters. The molecule has 0 spiro atoms. The van der Waals surface area contributed by atoms with Crippen molar-refractivity contribution in [2.24, 2.45) is 10.2 Å². The van der Waals surface area contributed by atoms with Crippen molar-refractivity contribution in [1.29, 1.82) is 0 Å². The Balaban J connectivity index is 0.000000213. The van der Waals surface area contributed by atoms with Crippen molar-refractivity contribution in [3.05, 3.63) is 136 Å². The number of anilines is 1. The largest absolute Gasteiger partial charge is 0.506 e. The van der Waals surface area contributed by atoms with Crippen LogP contribution >= 0.6 is 12.2 Å². The van der Waals surface area contributed by atoms with Crippen LogP contribution < -0.4 is 4.90 Å². The maximum Gasteiger partial charge on any atom is 0.302 e. The summed E-state index contributed by atoms with van der Waals surface area (Å²) in [6.45, 7) is 20.1. The lowest BCUT2D eigenvalue weighted by Crippen LogP contribution is -2.28. The molecule has 0 radical (unpaired) electrons. The number of fused-ring (bicyclic) bond motifs is 6. The number of likely N-dealkylation sites (N-methyl/N-ethyl adjacent to an activating group) is 1. The Morgan fingerprint density at radius 2 is 1.45 bits per heavy atom. The number of hydrogen-bond donors (Lipinski definition) is 2. The van der Waals surface area contributed by atoms with Gasteiger partial charge in [-0.25, -0.2) is 0 Å². The fraction of sp³-hybridized carbons (Fsp3) is 0.277. The molecule has 1 aromatic heterocycles. The third-order valence-electron chi connectivity index (χ3n) is 11.2. The number of aromatic hydroxyl groups is 2. The molecule has 56 heavy (non-hydrogen) atoms. The molecule has 9 heteroatoms. The molecule has 6 aromatic rings. The van der Waals surface area contributed by atoms with Crippen molar-refractivity contribution in [3.63, 3.8) is 0 Å². The van der Waals surface area contributed by atoms with Crippen LogP contribution in [0.3, 0.4) is 0 Å². The fourth-order valence-corrected chi connectivity index (χ4v) is 8.82. The summed E-state index contributed by atoms with van der Waals surface area (Å²) < 4.78 is 9.00. The van der Waals surface area contributed by atoms with Crippen LogP contribution in [-0.2, 0) is 17.4 Å². The first-order valence-corrected chi connectivity index (χ1v) is 19.7. The summed E-state index contributed by atoms with van der Waals surface area (Å²) in [5, 5.41) is 32.4. The smallest absolute Gasteiger partial charge is 0.302 e. The molecule has 0 bridgehead atoms. The summed E-state index contributed by atoms with van der Waals surface area (Å²) in [7, 11) is 0. The van der Waals surface area contributed by atoms with E-state index < -0.39 is 0 Å². The Bertz CT molecular complexity index is 2680. The lowest BCUT2D eigenvalue weighted by Gasteiger charge is -2.26. The molecule has 8 nitrogen and oxygen atoms in total. The molecule has 0 amide bonds. The number of benzene rings is 5. The van der Waals surface area contributed by atoms with Gasteiger partial charge < -0.3 is 19.5 Å². The Morgan fingerprint density at radius 1 is 0.786 bits per heavy atom. The number of hydrogen-bond acceptors (Lipinski definition) is 7. The summed E-state index contributed by atoms with van der Waals surface area (Å²) in [5.41, 5.74) is 9.37. The first-order valence-electron chi connectivity index (χ1n) is 19.3. The van der Waals surface area contributed by atoms with E-state index in [1.165, 1.54) is 66.1 Å². The number of allylic oxidation sites excluding steroid dienone is 4. The predicted octanol–water partition coefficient (Wildman–Crippen LogP) is 12.6. The zero-order valence-corrected chi connectivity index (χ0v) is 34.3. The standard InChI is InChI=1S/C35H37N2.C12H13N3O3S/c1-7-36-28-22-20-24-14-9-11-16-26(24)32(28)34(3,4)30(36)18-13-19-31-35(5,6)33-27-17-12-10-15-25(27)21-23-29(33)37(31)8-2;1-3-15-11(17)10(18-12(15)19)14-13-8-6-7(2)4-5-9(8)16/h9-23H,7-8H2,1-6H3;4-6,16-17H,3H2,1-2H3/q+1;. The van der Waals surface area contributed by atoms with Gasteiger partial charge >= 0.3 is 5.88 Å². The molecule has 2 aliphatic heterocycles. The number of phenolic OH excluding ortho intramolecular Hbond substituents is 1. The monoisotopic (exact) mass is 764 g/mol. The second-order valence-electron chi connectivity index (χ2n) is 15.3.